The van der Waals surface area contributed by atoms with E-state index in [-0.39, 0.29) is 36.0 Å². The van der Waals surface area contributed by atoms with Crippen LogP contribution in [0.5, 0.6) is 5.75 Å². The van der Waals surface area contributed by atoms with Crippen LogP contribution in [0, 0.1) is 12.8 Å². The summed E-state index contributed by atoms with van der Waals surface area (Å²) < 4.78 is 52.1. The molecule has 2 unspecified atom stereocenters. The van der Waals surface area contributed by atoms with Gasteiger partial charge >= 0.3 is 5.97 Å². The lowest BCUT2D eigenvalue weighted by atomic mass is 9.84. The van der Waals surface area contributed by atoms with E-state index in [1.807, 2.05) is 58.0 Å². The van der Waals surface area contributed by atoms with Crippen molar-refractivity contribution in [3.05, 3.63) is 81.0 Å². The molecule has 0 spiro atoms. The molecular formula is C31H37NO7S2. The fourth-order valence-electron chi connectivity index (χ4n) is 5.49. The van der Waals surface area contributed by atoms with Gasteiger partial charge in [0.15, 0.2) is 0 Å². The van der Waals surface area contributed by atoms with Gasteiger partial charge in [-0.05, 0) is 61.2 Å². The van der Waals surface area contributed by atoms with Gasteiger partial charge in [0.2, 0.25) is 15.8 Å². The van der Waals surface area contributed by atoms with Crippen LogP contribution in [0.3, 0.4) is 0 Å². The lowest BCUT2D eigenvalue weighted by Crippen LogP contribution is -2.36. The number of fused-ring (bicyclic) bond motifs is 1. The smallest absolute Gasteiger partial charge is 0.309 e. The molecule has 0 N–H and O–H groups in total. The van der Waals surface area contributed by atoms with E-state index in [2.05, 4.69) is 0 Å². The second-order valence-electron chi connectivity index (χ2n) is 10.7. The highest BCUT2D eigenvalue weighted by atomic mass is 32.2. The summed E-state index contributed by atoms with van der Waals surface area (Å²) in [7, 11) is -2.41. The maximum absolute atomic E-state index is 13.8. The molecule has 0 amide bonds. The monoisotopic (exact) mass is 599 g/mol. The number of benzene rings is 2. The highest BCUT2D eigenvalue weighted by Crippen LogP contribution is 2.42. The molecule has 0 aliphatic carbocycles. The van der Waals surface area contributed by atoms with E-state index in [1.165, 1.54) is 11.4 Å². The minimum Gasteiger partial charge on any atom is -0.488 e. The molecule has 2 aliphatic rings. The Kier molecular flexibility index (Phi) is 8.59. The second-order valence-corrected chi connectivity index (χ2v) is 13.7. The Hall–Kier alpha value is -2.76. The number of nitrogens with zero attached hydrogens (tertiary/aromatic N) is 1. The Morgan fingerprint density at radius 1 is 1.15 bits per heavy atom. The van der Waals surface area contributed by atoms with Gasteiger partial charge in [0, 0.05) is 17.3 Å². The van der Waals surface area contributed by atoms with E-state index in [4.69, 9.17) is 18.9 Å². The second kappa shape index (κ2) is 11.9. The number of carbonyl (C=O) groups is 1. The fourth-order valence-corrected chi connectivity index (χ4v) is 8.36. The van der Waals surface area contributed by atoms with Gasteiger partial charge in [-0.2, -0.15) is 4.31 Å². The topological polar surface area (TPSA) is 91.4 Å². The Morgan fingerprint density at radius 3 is 2.59 bits per heavy atom. The molecule has 3 aromatic rings. The fraction of sp³-hybridized carbons (Fsp3) is 0.452. The minimum atomic E-state index is -3.80. The Bertz CT molecular complexity index is 1510. The van der Waals surface area contributed by atoms with Crippen LogP contribution in [-0.2, 0) is 41.4 Å². The molecule has 41 heavy (non-hydrogen) atoms. The molecular weight excluding hydrogens is 562 g/mol. The molecule has 0 radical (unpaired) electrons. The van der Waals surface area contributed by atoms with Crippen molar-refractivity contribution in [2.75, 3.05) is 26.9 Å². The zero-order valence-corrected chi connectivity index (χ0v) is 25.7. The third kappa shape index (κ3) is 5.81. The highest BCUT2D eigenvalue weighted by Gasteiger charge is 2.38. The van der Waals surface area contributed by atoms with E-state index >= 15 is 0 Å². The van der Waals surface area contributed by atoms with Crippen molar-refractivity contribution in [3.63, 3.8) is 0 Å². The van der Waals surface area contributed by atoms with E-state index in [0.717, 1.165) is 26.4 Å². The first kappa shape index (κ1) is 29.7. The number of rotatable bonds is 8. The zero-order valence-electron chi connectivity index (χ0n) is 24.1. The van der Waals surface area contributed by atoms with Crippen LogP contribution in [0.15, 0.2) is 59.5 Å². The van der Waals surface area contributed by atoms with Crippen LogP contribution in [-0.4, -0.2) is 51.7 Å². The molecule has 3 atom stereocenters. The largest absolute Gasteiger partial charge is 0.488 e. The predicted molar refractivity (Wildman–Crippen MR) is 157 cm³/mol. The van der Waals surface area contributed by atoms with Crippen LogP contribution < -0.4 is 4.74 Å². The van der Waals surface area contributed by atoms with Crippen LogP contribution in [0.2, 0.25) is 0 Å². The maximum Gasteiger partial charge on any atom is 0.309 e. The predicted octanol–water partition coefficient (Wildman–Crippen LogP) is 5.58. The number of thiophene rings is 1. The third-order valence-electron chi connectivity index (χ3n) is 7.99. The normalized spacial score (nSPS) is 21.3. The van der Waals surface area contributed by atoms with Crippen molar-refractivity contribution in [1.82, 2.24) is 4.31 Å². The summed E-state index contributed by atoms with van der Waals surface area (Å²) in [6, 6.07) is 16.8. The van der Waals surface area contributed by atoms with Crippen molar-refractivity contribution in [3.8, 4) is 5.75 Å². The third-order valence-corrected chi connectivity index (χ3v) is 11.2. The number of aryl methyl sites for hydroxylation is 1. The number of ether oxygens (including phenoxy) is 4. The van der Waals surface area contributed by atoms with Gasteiger partial charge in [-0.15, -0.1) is 11.3 Å². The van der Waals surface area contributed by atoms with Gasteiger partial charge in [0.1, 0.15) is 16.7 Å². The number of hydrogen-bond donors (Lipinski definition) is 0. The number of carbonyl (C=O) groups excluding carboxylic acids is 1. The number of methoxy groups -OCH3 is 1. The number of esters is 1. The molecule has 1 aromatic heterocycles. The van der Waals surface area contributed by atoms with Crippen LogP contribution in [0.4, 0.5) is 0 Å². The minimum absolute atomic E-state index is 0.179. The van der Waals surface area contributed by atoms with Crippen molar-refractivity contribution in [1.29, 1.82) is 0 Å². The summed E-state index contributed by atoms with van der Waals surface area (Å²) in [5.74, 6) is -1.53. The van der Waals surface area contributed by atoms with E-state index in [0.29, 0.717) is 25.4 Å². The highest BCUT2D eigenvalue weighted by molar-refractivity contribution is 7.89. The average molecular weight is 600 g/mol. The summed E-state index contributed by atoms with van der Waals surface area (Å²) in [6.07, 6.45) is 0.403. The summed E-state index contributed by atoms with van der Waals surface area (Å²) in [6.45, 7) is 9.22. The van der Waals surface area contributed by atoms with Gasteiger partial charge in [-0.3, -0.25) is 4.79 Å². The van der Waals surface area contributed by atoms with Crippen molar-refractivity contribution in [2.24, 2.45) is 5.92 Å². The molecule has 2 aliphatic heterocycles. The molecule has 3 heterocycles. The lowest BCUT2D eigenvalue weighted by molar-refractivity contribution is -0.147. The number of hydrogen-bond acceptors (Lipinski definition) is 8. The molecule has 1 saturated heterocycles. The molecule has 220 valence electrons. The molecule has 1 fully saturated rings. The molecule has 5 rings (SSSR count). The number of para-hydroxylation sites is 1. The zero-order chi connectivity index (χ0) is 29.4. The maximum atomic E-state index is 13.8. The quantitative estimate of drug-likeness (QED) is 0.312. The first-order valence-corrected chi connectivity index (χ1v) is 16.1. The van der Waals surface area contributed by atoms with Gasteiger partial charge in [-0.25, -0.2) is 8.42 Å². The lowest BCUT2D eigenvalue weighted by Gasteiger charge is -2.26. The molecule has 0 saturated carbocycles. The SMILES string of the molecule is CC[C@@H]1CN(Cc2cc(C(c3ccc(C4(C)OCCO4)s3)C(C)C(=O)OC)ccc2C)S(=O)(=O)c2ccccc2O1. The van der Waals surface area contributed by atoms with E-state index in [1.54, 1.807) is 35.6 Å². The van der Waals surface area contributed by atoms with Crippen molar-refractivity contribution in [2.45, 2.75) is 63.4 Å². The van der Waals surface area contributed by atoms with Crippen molar-refractivity contribution >= 4 is 27.3 Å². The van der Waals surface area contributed by atoms with Gasteiger partial charge < -0.3 is 18.9 Å². The van der Waals surface area contributed by atoms with Crippen LogP contribution in [0.1, 0.15) is 59.6 Å². The van der Waals surface area contributed by atoms with Crippen LogP contribution in [0.25, 0.3) is 0 Å². The molecule has 8 nitrogen and oxygen atoms in total. The van der Waals surface area contributed by atoms with Crippen LogP contribution >= 0.6 is 11.3 Å². The van der Waals surface area contributed by atoms with Gasteiger partial charge in [0.25, 0.3) is 0 Å². The first-order chi connectivity index (χ1) is 19.6. The van der Waals surface area contributed by atoms with E-state index < -0.39 is 21.7 Å². The van der Waals surface area contributed by atoms with Gasteiger partial charge in [0.05, 0.1) is 37.7 Å². The summed E-state index contributed by atoms with van der Waals surface area (Å²) in [4.78, 5) is 14.9. The number of sulfonamides is 1. The summed E-state index contributed by atoms with van der Waals surface area (Å²) in [5, 5.41) is 0. The Labute approximate surface area is 246 Å². The van der Waals surface area contributed by atoms with Crippen molar-refractivity contribution < 1.29 is 32.2 Å². The molecule has 2 aromatic carbocycles. The summed E-state index contributed by atoms with van der Waals surface area (Å²) >= 11 is 1.55. The van der Waals surface area contributed by atoms with E-state index in [9.17, 15) is 13.2 Å². The summed E-state index contributed by atoms with van der Waals surface area (Å²) in [5.41, 5.74) is 2.74. The average Bonchev–Trinajstić information content (AvgIpc) is 3.62. The van der Waals surface area contributed by atoms with Gasteiger partial charge in [-0.1, -0.05) is 44.2 Å². The Balaban J connectivity index is 1.53. The Morgan fingerprint density at radius 2 is 1.88 bits per heavy atom. The molecule has 0 bridgehead atoms. The standard InChI is InChI=1S/C31H37NO7S2/c1-6-24-19-32(41(34,35)27-10-8-7-9-25(27)39-24)18-23-17-22(12-11-20(23)2)29(21(3)30(33)36-5)26-13-14-28(40-26)31(4)37-15-16-38-31/h7-14,17,21,24,29H,6,15-16,18-19H2,1-5H3/t21?,24-,29?/m1/s1. The first-order valence-electron chi connectivity index (χ1n) is 13.9. The molecule has 10 heteroatoms.